The van der Waals surface area contributed by atoms with Crippen molar-refractivity contribution in [3.8, 4) is 0 Å². The fourth-order valence-electron chi connectivity index (χ4n) is 3.25. The van der Waals surface area contributed by atoms with Crippen LogP contribution in [0, 0.1) is 0 Å². The maximum Gasteiger partial charge on any atom is 0.329 e. The summed E-state index contributed by atoms with van der Waals surface area (Å²) in [5.74, 6) is 0. The molecule has 4 rings (SSSR count). The van der Waals surface area contributed by atoms with E-state index in [1.807, 2.05) is 52.5 Å². The van der Waals surface area contributed by atoms with Gasteiger partial charge < -0.3 is 0 Å². The smallest absolute Gasteiger partial charge is 0.292 e. The quantitative estimate of drug-likeness (QED) is 0.561. The molecule has 0 bridgehead atoms. The topological polar surface area (TPSA) is 26.9 Å². The van der Waals surface area contributed by atoms with E-state index in [4.69, 9.17) is 0 Å². The van der Waals surface area contributed by atoms with Crippen LogP contribution in [0.2, 0.25) is 0 Å². The van der Waals surface area contributed by atoms with Crippen molar-refractivity contribution in [2.75, 3.05) is 0 Å². The van der Waals surface area contributed by atoms with Gasteiger partial charge in [-0.05, 0) is 41.5 Å². The van der Waals surface area contributed by atoms with Gasteiger partial charge in [0.25, 0.3) is 0 Å². The zero-order valence-corrected chi connectivity index (χ0v) is 13.1. The number of benzene rings is 3. The summed E-state index contributed by atoms with van der Waals surface area (Å²) in [5, 5.41) is 2.43. The molecular weight excluding hydrogens is 284 g/mol. The monoisotopic (exact) mass is 302 g/mol. The van der Waals surface area contributed by atoms with Crippen LogP contribution in [0.5, 0.6) is 0 Å². The largest absolute Gasteiger partial charge is 0.329 e. The normalized spacial score (nSPS) is 11.3. The molecule has 0 saturated carbocycles. The maximum absolute atomic E-state index is 12.7. The van der Waals surface area contributed by atoms with Crippen molar-refractivity contribution < 1.29 is 0 Å². The molecule has 0 saturated heterocycles. The Balaban J connectivity index is 1.86. The van der Waals surface area contributed by atoms with E-state index in [2.05, 4.69) is 30.3 Å². The summed E-state index contributed by atoms with van der Waals surface area (Å²) in [6.45, 7) is 3.29. The molecule has 114 valence electrons. The van der Waals surface area contributed by atoms with E-state index in [1.54, 1.807) is 0 Å². The fraction of sp³-hybridized carbons (Fsp3) is 0.150. The molecule has 23 heavy (non-hydrogen) atoms. The summed E-state index contributed by atoms with van der Waals surface area (Å²) in [6, 6.07) is 22.7. The molecule has 0 unspecified atom stereocenters. The third-order valence-corrected chi connectivity index (χ3v) is 4.40. The first-order valence-corrected chi connectivity index (χ1v) is 7.93. The Morgan fingerprint density at radius 2 is 1.43 bits per heavy atom. The number of fused-ring (bicyclic) bond motifs is 2. The van der Waals surface area contributed by atoms with E-state index < -0.39 is 0 Å². The van der Waals surface area contributed by atoms with E-state index in [0.29, 0.717) is 13.1 Å². The maximum atomic E-state index is 12.7. The molecule has 4 aromatic rings. The molecule has 0 spiro atoms. The molecule has 3 nitrogen and oxygen atoms in total. The molecule has 0 radical (unpaired) electrons. The summed E-state index contributed by atoms with van der Waals surface area (Å²) >= 11 is 0. The Kier molecular flexibility index (Phi) is 3.27. The molecule has 0 aliphatic heterocycles. The fourth-order valence-corrected chi connectivity index (χ4v) is 3.25. The third kappa shape index (κ3) is 2.25. The number of aromatic nitrogens is 2. The van der Waals surface area contributed by atoms with Gasteiger partial charge in [-0.15, -0.1) is 0 Å². The number of para-hydroxylation sites is 2. The number of aryl methyl sites for hydroxylation is 1. The number of hydrogen-bond donors (Lipinski definition) is 0. The minimum Gasteiger partial charge on any atom is -0.292 e. The Bertz CT molecular complexity index is 1060. The lowest BCUT2D eigenvalue weighted by atomic mass is 10.1. The summed E-state index contributed by atoms with van der Waals surface area (Å²) < 4.78 is 3.69. The molecule has 1 heterocycles. The Morgan fingerprint density at radius 3 is 2.17 bits per heavy atom. The van der Waals surface area contributed by atoms with Crippen molar-refractivity contribution in [3.63, 3.8) is 0 Å². The molecule has 0 aliphatic carbocycles. The van der Waals surface area contributed by atoms with Crippen molar-refractivity contribution in [2.45, 2.75) is 20.0 Å². The van der Waals surface area contributed by atoms with Crippen LogP contribution in [-0.4, -0.2) is 9.13 Å². The van der Waals surface area contributed by atoms with Gasteiger partial charge in [0, 0.05) is 6.54 Å². The average Bonchev–Trinajstić information content (AvgIpc) is 2.86. The van der Waals surface area contributed by atoms with Crippen molar-refractivity contribution >= 4 is 21.8 Å². The highest BCUT2D eigenvalue weighted by Crippen LogP contribution is 2.18. The average molecular weight is 302 g/mol. The van der Waals surface area contributed by atoms with E-state index >= 15 is 0 Å². The van der Waals surface area contributed by atoms with Gasteiger partial charge in [0.1, 0.15) is 0 Å². The lowest BCUT2D eigenvalue weighted by molar-refractivity contribution is 0.684. The first-order chi connectivity index (χ1) is 11.3. The minimum atomic E-state index is 0.0573. The van der Waals surface area contributed by atoms with Crippen LogP contribution < -0.4 is 5.69 Å². The van der Waals surface area contributed by atoms with Gasteiger partial charge in [0.05, 0.1) is 17.6 Å². The van der Waals surface area contributed by atoms with Gasteiger partial charge in [-0.25, -0.2) is 4.79 Å². The summed E-state index contributed by atoms with van der Waals surface area (Å²) in [4.78, 5) is 12.7. The van der Waals surface area contributed by atoms with E-state index in [1.165, 1.54) is 10.8 Å². The second-order valence-electron chi connectivity index (χ2n) is 5.78. The zero-order valence-electron chi connectivity index (χ0n) is 13.1. The Labute approximate surface area is 134 Å². The van der Waals surface area contributed by atoms with Gasteiger partial charge in [-0.3, -0.25) is 9.13 Å². The van der Waals surface area contributed by atoms with Crippen molar-refractivity contribution in [2.24, 2.45) is 0 Å². The highest BCUT2D eigenvalue weighted by molar-refractivity contribution is 5.83. The molecule has 0 fully saturated rings. The van der Waals surface area contributed by atoms with Gasteiger partial charge in [-0.1, -0.05) is 48.5 Å². The van der Waals surface area contributed by atoms with Gasteiger partial charge >= 0.3 is 5.69 Å². The summed E-state index contributed by atoms with van der Waals surface area (Å²) in [5.41, 5.74) is 3.19. The number of imidazole rings is 1. The van der Waals surface area contributed by atoms with Gasteiger partial charge in [-0.2, -0.15) is 0 Å². The van der Waals surface area contributed by atoms with E-state index in [-0.39, 0.29) is 5.69 Å². The van der Waals surface area contributed by atoms with Crippen LogP contribution >= 0.6 is 0 Å². The molecule has 0 amide bonds. The minimum absolute atomic E-state index is 0.0573. The molecule has 3 heteroatoms. The lowest BCUT2D eigenvalue weighted by Crippen LogP contribution is -2.24. The van der Waals surface area contributed by atoms with Crippen molar-refractivity contribution in [3.05, 3.63) is 82.8 Å². The Hall–Kier alpha value is -2.81. The molecule has 0 atom stereocenters. The predicted molar refractivity (Wildman–Crippen MR) is 94.9 cm³/mol. The molecule has 1 aromatic heterocycles. The highest BCUT2D eigenvalue weighted by atomic mass is 16.1. The van der Waals surface area contributed by atoms with Crippen LogP contribution in [0.25, 0.3) is 21.8 Å². The van der Waals surface area contributed by atoms with Crippen LogP contribution in [0.15, 0.2) is 71.5 Å². The van der Waals surface area contributed by atoms with Crippen molar-refractivity contribution in [1.82, 2.24) is 9.13 Å². The van der Waals surface area contributed by atoms with Crippen LogP contribution in [0.4, 0.5) is 0 Å². The third-order valence-electron chi connectivity index (χ3n) is 4.40. The number of nitrogens with zero attached hydrogens (tertiary/aromatic N) is 2. The van der Waals surface area contributed by atoms with Crippen LogP contribution in [0.3, 0.4) is 0 Å². The SMILES string of the molecule is CCn1c(=O)n(Cc2ccc3ccccc3c2)c2ccccc21. The molecule has 0 aliphatic rings. The summed E-state index contributed by atoms with van der Waals surface area (Å²) in [6.07, 6.45) is 0. The zero-order chi connectivity index (χ0) is 15.8. The lowest BCUT2D eigenvalue weighted by Gasteiger charge is -2.05. The van der Waals surface area contributed by atoms with Crippen LogP contribution in [0.1, 0.15) is 12.5 Å². The number of rotatable bonds is 3. The summed E-state index contributed by atoms with van der Waals surface area (Å²) in [7, 11) is 0. The Morgan fingerprint density at radius 1 is 0.783 bits per heavy atom. The van der Waals surface area contributed by atoms with Gasteiger partial charge in [0.15, 0.2) is 0 Å². The molecule has 0 N–H and O–H groups in total. The van der Waals surface area contributed by atoms with Crippen LogP contribution in [-0.2, 0) is 13.1 Å². The highest BCUT2D eigenvalue weighted by Gasteiger charge is 2.11. The standard InChI is InChI=1S/C20H18N2O/c1-2-21-18-9-5-6-10-19(18)22(20(21)23)14-15-11-12-16-7-3-4-8-17(16)13-15/h3-13H,2,14H2,1H3. The number of hydrogen-bond acceptors (Lipinski definition) is 1. The first-order valence-electron chi connectivity index (χ1n) is 7.93. The second kappa shape index (κ2) is 5.43. The molecule has 3 aromatic carbocycles. The molecular formula is C20H18N2O. The first kappa shape index (κ1) is 13.8. The van der Waals surface area contributed by atoms with E-state index in [0.717, 1.165) is 16.6 Å². The predicted octanol–water partition coefficient (Wildman–Crippen LogP) is 4.02. The van der Waals surface area contributed by atoms with Gasteiger partial charge in [0.2, 0.25) is 0 Å². The second-order valence-corrected chi connectivity index (χ2v) is 5.78. The van der Waals surface area contributed by atoms with Crippen molar-refractivity contribution in [1.29, 1.82) is 0 Å². The van der Waals surface area contributed by atoms with E-state index in [9.17, 15) is 4.79 Å².